The molecule has 0 aromatic carbocycles. The van der Waals surface area contributed by atoms with Crippen molar-refractivity contribution >= 4 is 27.3 Å². The number of halogens is 1. The lowest BCUT2D eigenvalue weighted by atomic mass is 10.0. The van der Waals surface area contributed by atoms with Crippen molar-refractivity contribution in [3.8, 4) is 0 Å². The van der Waals surface area contributed by atoms with E-state index in [1.54, 1.807) is 11.3 Å². The number of hydrogen-bond acceptors (Lipinski definition) is 4. The fourth-order valence-corrected chi connectivity index (χ4v) is 3.48. The minimum Gasteiger partial charge on any atom is -0.324 e. The molecule has 3 nitrogen and oxygen atoms in total. The lowest BCUT2D eigenvalue weighted by molar-refractivity contribution is 0.696. The molecule has 1 unspecified atom stereocenters. The van der Waals surface area contributed by atoms with Gasteiger partial charge in [0.1, 0.15) is 0 Å². The average molecular weight is 326 g/mol. The third kappa shape index (κ3) is 2.96. The monoisotopic (exact) mass is 325 g/mol. The van der Waals surface area contributed by atoms with E-state index in [9.17, 15) is 0 Å². The molecule has 2 aromatic heterocycles. The Morgan fingerprint density at radius 2 is 2.22 bits per heavy atom. The third-order valence-corrected chi connectivity index (χ3v) is 4.81. The number of rotatable bonds is 4. The van der Waals surface area contributed by atoms with E-state index in [2.05, 4.69) is 50.6 Å². The Balaban J connectivity index is 2.25. The Morgan fingerprint density at radius 1 is 1.44 bits per heavy atom. The van der Waals surface area contributed by atoms with Crippen LogP contribution in [0, 0.1) is 6.92 Å². The summed E-state index contributed by atoms with van der Waals surface area (Å²) in [6, 6.07) is 4.09. The molecule has 0 amide bonds. The standard InChI is InChI=1S/C13H16BrN3S/c1-3-12-9(6-8(2)16-17-12)11(15)7-13-10(14)4-5-18-13/h4-6,11H,3,7,15H2,1-2H3. The maximum absolute atomic E-state index is 6.32. The van der Waals surface area contributed by atoms with Crippen molar-refractivity contribution in [3.63, 3.8) is 0 Å². The van der Waals surface area contributed by atoms with Gasteiger partial charge in [-0.15, -0.1) is 11.3 Å². The Bertz CT molecular complexity index is 539. The molecule has 5 heteroatoms. The normalized spacial score (nSPS) is 12.7. The first kappa shape index (κ1) is 13.6. The first-order valence-electron chi connectivity index (χ1n) is 5.92. The van der Waals surface area contributed by atoms with E-state index >= 15 is 0 Å². The van der Waals surface area contributed by atoms with E-state index in [1.165, 1.54) is 4.88 Å². The van der Waals surface area contributed by atoms with Gasteiger partial charge < -0.3 is 5.73 Å². The zero-order chi connectivity index (χ0) is 13.1. The van der Waals surface area contributed by atoms with Crippen LogP contribution in [0.4, 0.5) is 0 Å². The lowest BCUT2D eigenvalue weighted by Gasteiger charge is -2.14. The van der Waals surface area contributed by atoms with Crippen molar-refractivity contribution in [2.24, 2.45) is 5.73 Å². The molecule has 0 aliphatic rings. The lowest BCUT2D eigenvalue weighted by Crippen LogP contribution is -2.16. The number of hydrogen-bond donors (Lipinski definition) is 1. The molecule has 0 radical (unpaired) electrons. The number of thiophene rings is 1. The molecule has 0 saturated heterocycles. The maximum Gasteiger partial charge on any atom is 0.0676 e. The van der Waals surface area contributed by atoms with Crippen molar-refractivity contribution in [1.29, 1.82) is 0 Å². The molecule has 2 rings (SSSR count). The summed E-state index contributed by atoms with van der Waals surface area (Å²) in [4.78, 5) is 1.28. The van der Waals surface area contributed by atoms with Crippen LogP contribution in [-0.4, -0.2) is 10.2 Å². The van der Waals surface area contributed by atoms with Crippen LogP contribution in [0.1, 0.15) is 34.8 Å². The predicted molar refractivity (Wildman–Crippen MR) is 78.8 cm³/mol. The third-order valence-electron chi connectivity index (χ3n) is 2.86. The molecular weight excluding hydrogens is 310 g/mol. The zero-order valence-electron chi connectivity index (χ0n) is 10.5. The van der Waals surface area contributed by atoms with Crippen LogP contribution in [0.15, 0.2) is 22.0 Å². The molecule has 96 valence electrons. The Labute approximate surface area is 120 Å². The minimum absolute atomic E-state index is 0.0240. The van der Waals surface area contributed by atoms with Crippen molar-refractivity contribution in [1.82, 2.24) is 10.2 Å². The largest absolute Gasteiger partial charge is 0.324 e. The van der Waals surface area contributed by atoms with Crippen molar-refractivity contribution in [2.45, 2.75) is 32.7 Å². The van der Waals surface area contributed by atoms with Gasteiger partial charge in [-0.25, -0.2) is 0 Å². The summed E-state index contributed by atoms with van der Waals surface area (Å²) in [5.41, 5.74) is 9.35. The highest BCUT2D eigenvalue weighted by atomic mass is 79.9. The molecule has 2 N–H and O–H groups in total. The van der Waals surface area contributed by atoms with Crippen LogP contribution < -0.4 is 5.73 Å². The molecule has 0 fully saturated rings. The van der Waals surface area contributed by atoms with Gasteiger partial charge in [0, 0.05) is 21.8 Å². The Hall–Kier alpha value is -0.780. The summed E-state index contributed by atoms with van der Waals surface area (Å²) in [5, 5.41) is 10.4. The molecule has 18 heavy (non-hydrogen) atoms. The van der Waals surface area contributed by atoms with Crippen molar-refractivity contribution in [3.05, 3.63) is 43.8 Å². The number of aryl methyl sites for hydroxylation is 2. The van der Waals surface area contributed by atoms with E-state index in [4.69, 9.17) is 5.73 Å². The quantitative estimate of drug-likeness (QED) is 0.937. The first-order chi connectivity index (χ1) is 8.61. The second-order valence-corrected chi connectivity index (χ2v) is 6.10. The molecular formula is C13H16BrN3S. The summed E-state index contributed by atoms with van der Waals surface area (Å²) in [7, 11) is 0. The fraction of sp³-hybridized carbons (Fsp3) is 0.385. The summed E-state index contributed by atoms with van der Waals surface area (Å²) >= 11 is 5.27. The Kier molecular flexibility index (Phi) is 4.48. The second kappa shape index (κ2) is 5.91. The van der Waals surface area contributed by atoms with Gasteiger partial charge >= 0.3 is 0 Å². The van der Waals surface area contributed by atoms with Crippen LogP contribution >= 0.6 is 27.3 Å². The molecule has 2 heterocycles. The van der Waals surface area contributed by atoms with Crippen LogP contribution in [0.3, 0.4) is 0 Å². The van der Waals surface area contributed by atoms with Crippen LogP contribution in [0.2, 0.25) is 0 Å². The van der Waals surface area contributed by atoms with Crippen LogP contribution in [0.25, 0.3) is 0 Å². The van der Waals surface area contributed by atoms with E-state index in [1.807, 2.05) is 6.92 Å². The van der Waals surface area contributed by atoms with Gasteiger partial charge in [0.25, 0.3) is 0 Å². The minimum atomic E-state index is -0.0240. The van der Waals surface area contributed by atoms with Crippen LogP contribution in [-0.2, 0) is 12.8 Å². The van der Waals surface area contributed by atoms with Gasteiger partial charge in [-0.3, -0.25) is 0 Å². The molecule has 0 spiro atoms. The summed E-state index contributed by atoms with van der Waals surface area (Å²) in [6.07, 6.45) is 1.69. The number of aromatic nitrogens is 2. The van der Waals surface area contributed by atoms with E-state index in [0.29, 0.717) is 0 Å². The highest BCUT2D eigenvalue weighted by molar-refractivity contribution is 9.10. The zero-order valence-corrected chi connectivity index (χ0v) is 12.9. The van der Waals surface area contributed by atoms with E-state index in [-0.39, 0.29) is 6.04 Å². The second-order valence-electron chi connectivity index (χ2n) is 4.24. The molecule has 0 bridgehead atoms. The summed E-state index contributed by atoms with van der Waals surface area (Å²) in [5.74, 6) is 0. The molecule has 1 atom stereocenters. The van der Waals surface area contributed by atoms with Gasteiger partial charge in [0.2, 0.25) is 0 Å². The van der Waals surface area contributed by atoms with Crippen molar-refractivity contribution in [2.75, 3.05) is 0 Å². The maximum atomic E-state index is 6.32. The predicted octanol–water partition coefficient (Wildman–Crippen LogP) is 3.41. The first-order valence-corrected chi connectivity index (χ1v) is 7.59. The van der Waals surface area contributed by atoms with Gasteiger partial charge in [0.05, 0.1) is 11.4 Å². The number of nitrogens with zero attached hydrogens (tertiary/aromatic N) is 2. The van der Waals surface area contributed by atoms with Gasteiger partial charge in [0.15, 0.2) is 0 Å². The highest BCUT2D eigenvalue weighted by Crippen LogP contribution is 2.28. The van der Waals surface area contributed by atoms with Crippen molar-refractivity contribution < 1.29 is 0 Å². The van der Waals surface area contributed by atoms with Gasteiger partial charge in [-0.1, -0.05) is 6.92 Å². The number of nitrogens with two attached hydrogens (primary N) is 1. The summed E-state index contributed by atoms with van der Waals surface area (Å²) in [6.45, 7) is 4.03. The highest BCUT2D eigenvalue weighted by Gasteiger charge is 2.15. The van der Waals surface area contributed by atoms with Crippen LogP contribution in [0.5, 0.6) is 0 Å². The molecule has 0 saturated carbocycles. The smallest absolute Gasteiger partial charge is 0.0676 e. The fourth-order valence-electron chi connectivity index (χ4n) is 1.91. The summed E-state index contributed by atoms with van der Waals surface area (Å²) < 4.78 is 1.14. The molecule has 0 aliphatic heterocycles. The van der Waals surface area contributed by atoms with E-state index in [0.717, 1.165) is 34.3 Å². The van der Waals surface area contributed by atoms with Gasteiger partial charge in [-0.05, 0) is 52.4 Å². The molecule has 2 aromatic rings. The molecule has 0 aliphatic carbocycles. The SMILES string of the molecule is CCc1nnc(C)cc1C(N)Cc1sccc1Br. The Morgan fingerprint density at radius 3 is 2.83 bits per heavy atom. The average Bonchev–Trinajstić information content (AvgIpc) is 2.75. The van der Waals surface area contributed by atoms with Gasteiger partial charge in [-0.2, -0.15) is 10.2 Å². The van der Waals surface area contributed by atoms with E-state index < -0.39 is 0 Å². The topological polar surface area (TPSA) is 51.8 Å².